The van der Waals surface area contributed by atoms with Gasteiger partial charge in [0.25, 0.3) is 5.91 Å². The number of hydrogen-bond donors (Lipinski definition) is 1. The maximum Gasteiger partial charge on any atom is 0.250 e. The SMILES string of the molecule is Cc1cc(C)nc(SCC(=O)N/N=C\c2cccn2-c2ccc(C)c(Cl)c2)n1. The minimum absolute atomic E-state index is 0.189. The van der Waals surface area contributed by atoms with E-state index in [4.69, 9.17) is 11.6 Å². The fourth-order valence-electron chi connectivity index (χ4n) is 2.56. The van der Waals surface area contributed by atoms with Crippen molar-refractivity contribution >= 4 is 35.5 Å². The summed E-state index contributed by atoms with van der Waals surface area (Å²) in [7, 11) is 0. The van der Waals surface area contributed by atoms with Crippen molar-refractivity contribution in [2.45, 2.75) is 25.9 Å². The molecule has 144 valence electrons. The van der Waals surface area contributed by atoms with Crippen molar-refractivity contribution in [1.82, 2.24) is 20.0 Å². The second-order valence-corrected chi connectivity index (χ2v) is 7.60. The van der Waals surface area contributed by atoms with Crippen LogP contribution >= 0.6 is 23.4 Å². The quantitative estimate of drug-likeness (QED) is 0.286. The molecular weight excluding hydrogens is 394 g/mol. The molecule has 1 amide bonds. The Balaban J connectivity index is 1.60. The van der Waals surface area contributed by atoms with Crippen LogP contribution in [0.1, 0.15) is 22.6 Å². The van der Waals surface area contributed by atoms with Gasteiger partial charge in [-0.15, -0.1) is 0 Å². The molecule has 0 bridgehead atoms. The number of carbonyl (C=O) groups excluding carboxylic acids is 1. The number of benzene rings is 1. The minimum atomic E-state index is -0.222. The van der Waals surface area contributed by atoms with Gasteiger partial charge in [0.1, 0.15) is 0 Å². The van der Waals surface area contributed by atoms with Crippen LogP contribution in [-0.2, 0) is 4.79 Å². The van der Waals surface area contributed by atoms with Crippen LogP contribution in [-0.4, -0.2) is 32.4 Å². The van der Waals surface area contributed by atoms with Gasteiger partial charge in [0, 0.05) is 28.3 Å². The van der Waals surface area contributed by atoms with Crippen LogP contribution in [0.5, 0.6) is 0 Å². The second kappa shape index (κ2) is 9.03. The highest BCUT2D eigenvalue weighted by molar-refractivity contribution is 7.99. The maximum atomic E-state index is 12.0. The molecule has 3 aromatic rings. The summed E-state index contributed by atoms with van der Waals surface area (Å²) in [4.78, 5) is 20.6. The van der Waals surface area contributed by atoms with Crippen LogP contribution in [0.2, 0.25) is 5.02 Å². The van der Waals surface area contributed by atoms with Crippen molar-refractivity contribution in [3.63, 3.8) is 0 Å². The average molecular weight is 414 g/mol. The molecule has 0 radical (unpaired) electrons. The van der Waals surface area contributed by atoms with Crippen LogP contribution in [0.15, 0.2) is 52.9 Å². The van der Waals surface area contributed by atoms with Crippen molar-refractivity contribution in [3.05, 3.63) is 70.3 Å². The average Bonchev–Trinajstić information content (AvgIpc) is 3.10. The zero-order chi connectivity index (χ0) is 20.1. The molecule has 0 saturated heterocycles. The minimum Gasteiger partial charge on any atom is -0.316 e. The van der Waals surface area contributed by atoms with E-state index in [9.17, 15) is 4.79 Å². The predicted octanol–water partition coefficient (Wildman–Crippen LogP) is 4.09. The molecule has 0 aliphatic rings. The third-order valence-corrected chi connectivity index (χ3v) is 5.15. The number of carbonyl (C=O) groups is 1. The number of rotatable bonds is 6. The summed E-state index contributed by atoms with van der Waals surface area (Å²) in [6.07, 6.45) is 3.51. The summed E-state index contributed by atoms with van der Waals surface area (Å²) in [6, 6.07) is 11.5. The largest absolute Gasteiger partial charge is 0.316 e. The summed E-state index contributed by atoms with van der Waals surface area (Å²) in [6.45, 7) is 5.76. The predicted molar refractivity (Wildman–Crippen MR) is 113 cm³/mol. The summed E-state index contributed by atoms with van der Waals surface area (Å²) in [5, 5.41) is 5.34. The van der Waals surface area contributed by atoms with E-state index in [1.807, 2.05) is 67.9 Å². The first-order valence-electron chi connectivity index (χ1n) is 8.63. The van der Waals surface area contributed by atoms with E-state index in [0.29, 0.717) is 10.2 Å². The molecule has 0 atom stereocenters. The van der Waals surface area contributed by atoms with Crippen LogP contribution in [0.3, 0.4) is 0 Å². The number of amides is 1. The highest BCUT2D eigenvalue weighted by atomic mass is 35.5. The van der Waals surface area contributed by atoms with Gasteiger partial charge in [-0.2, -0.15) is 5.10 Å². The molecule has 0 aliphatic heterocycles. The molecule has 2 aromatic heterocycles. The highest BCUT2D eigenvalue weighted by Gasteiger charge is 2.06. The Morgan fingerprint density at radius 2 is 1.96 bits per heavy atom. The zero-order valence-electron chi connectivity index (χ0n) is 15.8. The lowest BCUT2D eigenvalue weighted by Gasteiger charge is -2.08. The fraction of sp³-hybridized carbons (Fsp3) is 0.200. The molecule has 6 nitrogen and oxygen atoms in total. The molecule has 8 heteroatoms. The standard InChI is InChI=1S/C20H20ClN5OS/c1-13-6-7-16(10-18(13)21)26-8-4-5-17(26)11-22-25-19(27)12-28-20-23-14(2)9-15(3)24-20/h4-11H,12H2,1-3H3,(H,25,27)/b22-11-. The van der Waals surface area contributed by atoms with Gasteiger partial charge in [0.15, 0.2) is 5.16 Å². The lowest BCUT2D eigenvalue weighted by atomic mass is 10.2. The number of thioether (sulfide) groups is 1. The third kappa shape index (κ3) is 5.21. The molecule has 0 aliphatic carbocycles. The Morgan fingerprint density at radius 1 is 1.21 bits per heavy atom. The van der Waals surface area contributed by atoms with Crippen molar-refractivity contribution in [2.75, 3.05) is 5.75 Å². The molecule has 0 unspecified atom stereocenters. The monoisotopic (exact) mass is 413 g/mol. The Hall–Kier alpha value is -2.64. The summed E-state index contributed by atoms with van der Waals surface area (Å²) in [5.74, 6) is -0.0325. The van der Waals surface area contributed by atoms with E-state index in [0.717, 1.165) is 28.3 Å². The second-order valence-electron chi connectivity index (χ2n) is 6.25. The number of aromatic nitrogens is 3. The van der Waals surface area contributed by atoms with Gasteiger partial charge in [-0.1, -0.05) is 29.4 Å². The Bertz CT molecular complexity index is 1010. The van der Waals surface area contributed by atoms with E-state index in [1.165, 1.54) is 11.8 Å². The third-order valence-electron chi connectivity index (χ3n) is 3.89. The number of nitrogens with one attached hydrogen (secondary N) is 1. The van der Waals surface area contributed by atoms with E-state index in [2.05, 4.69) is 20.5 Å². The molecule has 2 heterocycles. The smallest absolute Gasteiger partial charge is 0.250 e. The van der Waals surface area contributed by atoms with Crippen LogP contribution in [0.25, 0.3) is 5.69 Å². The van der Waals surface area contributed by atoms with E-state index in [-0.39, 0.29) is 11.7 Å². The van der Waals surface area contributed by atoms with E-state index in [1.54, 1.807) is 6.21 Å². The van der Waals surface area contributed by atoms with Gasteiger partial charge in [-0.05, 0) is 56.7 Å². The molecule has 0 fully saturated rings. The molecule has 28 heavy (non-hydrogen) atoms. The Morgan fingerprint density at radius 3 is 2.68 bits per heavy atom. The Labute approximate surface area is 173 Å². The number of nitrogens with zero attached hydrogens (tertiary/aromatic N) is 4. The lowest BCUT2D eigenvalue weighted by molar-refractivity contribution is -0.118. The number of halogens is 1. The molecule has 0 saturated carbocycles. The summed E-state index contributed by atoms with van der Waals surface area (Å²) < 4.78 is 1.94. The highest BCUT2D eigenvalue weighted by Crippen LogP contribution is 2.20. The van der Waals surface area contributed by atoms with E-state index < -0.39 is 0 Å². The number of hydrogen-bond acceptors (Lipinski definition) is 5. The lowest BCUT2D eigenvalue weighted by Crippen LogP contribution is -2.20. The Kier molecular flexibility index (Phi) is 6.49. The van der Waals surface area contributed by atoms with Crippen LogP contribution in [0, 0.1) is 20.8 Å². The van der Waals surface area contributed by atoms with Gasteiger partial charge < -0.3 is 4.57 Å². The summed E-state index contributed by atoms with van der Waals surface area (Å²) in [5.41, 5.74) is 7.06. The van der Waals surface area contributed by atoms with Crippen molar-refractivity contribution in [2.24, 2.45) is 5.10 Å². The zero-order valence-corrected chi connectivity index (χ0v) is 17.4. The normalized spacial score (nSPS) is 11.1. The van der Waals surface area contributed by atoms with Gasteiger partial charge in [-0.3, -0.25) is 4.79 Å². The van der Waals surface area contributed by atoms with Crippen molar-refractivity contribution < 1.29 is 4.79 Å². The van der Waals surface area contributed by atoms with Gasteiger partial charge in [0.2, 0.25) is 0 Å². The molecule has 1 aromatic carbocycles. The molecular formula is C20H20ClN5OS. The first-order valence-corrected chi connectivity index (χ1v) is 9.99. The maximum absolute atomic E-state index is 12.0. The van der Waals surface area contributed by atoms with Crippen LogP contribution in [0.4, 0.5) is 0 Å². The van der Waals surface area contributed by atoms with Gasteiger partial charge in [0.05, 0.1) is 17.7 Å². The first kappa shape index (κ1) is 20.1. The first-order chi connectivity index (χ1) is 13.4. The van der Waals surface area contributed by atoms with Crippen molar-refractivity contribution in [1.29, 1.82) is 0 Å². The number of aryl methyl sites for hydroxylation is 3. The molecule has 3 rings (SSSR count). The van der Waals surface area contributed by atoms with Crippen LogP contribution < -0.4 is 5.43 Å². The topological polar surface area (TPSA) is 72.2 Å². The van der Waals surface area contributed by atoms with Crippen molar-refractivity contribution in [3.8, 4) is 5.69 Å². The molecule has 1 N–H and O–H groups in total. The fourth-order valence-corrected chi connectivity index (χ4v) is 3.47. The number of hydrazone groups is 1. The van der Waals surface area contributed by atoms with Gasteiger partial charge in [-0.25, -0.2) is 15.4 Å². The van der Waals surface area contributed by atoms with Gasteiger partial charge >= 0.3 is 0 Å². The van der Waals surface area contributed by atoms with E-state index >= 15 is 0 Å². The summed E-state index contributed by atoms with van der Waals surface area (Å²) >= 11 is 7.50. The molecule has 0 spiro atoms.